The Morgan fingerprint density at radius 3 is 2.48 bits per heavy atom. The number of pyridine rings is 1. The van der Waals surface area contributed by atoms with Gasteiger partial charge in [0.05, 0.1) is 0 Å². The number of hydrogen-bond donors (Lipinski definition) is 2. The summed E-state index contributed by atoms with van der Waals surface area (Å²) in [4.78, 5) is 8.61. The van der Waals surface area contributed by atoms with E-state index in [1.54, 1.807) is 24.1 Å². The molecule has 3 aromatic rings. The topological polar surface area (TPSA) is 67.1 Å². The third kappa shape index (κ3) is 4.67. The van der Waals surface area contributed by atoms with Crippen LogP contribution in [0, 0.1) is 6.92 Å². The van der Waals surface area contributed by atoms with Gasteiger partial charge >= 0.3 is 0 Å². The van der Waals surface area contributed by atoms with Crippen LogP contribution in [-0.4, -0.2) is 27.8 Å². The van der Waals surface area contributed by atoms with Gasteiger partial charge in [0.25, 0.3) is 0 Å². The number of aryl methyl sites for hydroxylation is 1. The van der Waals surface area contributed by atoms with Gasteiger partial charge < -0.3 is 10.6 Å². The third-order valence-electron chi connectivity index (χ3n) is 3.81. The Morgan fingerprint density at radius 1 is 1.04 bits per heavy atom. The number of hydrogen-bond acceptors (Lipinski definition) is 3. The van der Waals surface area contributed by atoms with Gasteiger partial charge in [0, 0.05) is 38.7 Å². The molecule has 0 amide bonds. The van der Waals surface area contributed by atoms with E-state index in [0.29, 0.717) is 6.54 Å². The van der Waals surface area contributed by atoms with E-state index in [-0.39, 0.29) is 0 Å². The molecule has 2 heterocycles. The predicted octanol–water partition coefficient (Wildman–Crippen LogP) is 2.44. The molecule has 6 nitrogen and oxygen atoms in total. The van der Waals surface area contributed by atoms with Crippen molar-refractivity contribution in [1.82, 2.24) is 25.4 Å². The van der Waals surface area contributed by atoms with Crippen molar-refractivity contribution in [1.29, 1.82) is 0 Å². The summed E-state index contributed by atoms with van der Waals surface area (Å²) >= 11 is 0. The van der Waals surface area contributed by atoms with Gasteiger partial charge in [-0.15, -0.1) is 0 Å². The van der Waals surface area contributed by atoms with E-state index < -0.39 is 0 Å². The molecule has 0 radical (unpaired) electrons. The van der Waals surface area contributed by atoms with Crippen LogP contribution < -0.4 is 10.6 Å². The standard InChI is InChI=1S/C19H22N6/c1-15-4-6-16(7-5-15)13-22-19(20-2)23-14-17-8-10-21-18(12-17)25-11-3-9-24-25/h3-12H,13-14H2,1-2H3,(H2,20,22,23). The van der Waals surface area contributed by atoms with Crippen molar-refractivity contribution in [2.24, 2.45) is 4.99 Å². The Hall–Kier alpha value is -3.15. The van der Waals surface area contributed by atoms with Gasteiger partial charge in [-0.1, -0.05) is 29.8 Å². The Balaban J connectivity index is 1.56. The Morgan fingerprint density at radius 2 is 1.80 bits per heavy atom. The van der Waals surface area contributed by atoms with Crippen molar-refractivity contribution in [2.45, 2.75) is 20.0 Å². The fraction of sp³-hybridized carbons (Fsp3) is 0.211. The molecule has 0 saturated carbocycles. The minimum atomic E-state index is 0.657. The highest BCUT2D eigenvalue weighted by Gasteiger charge is 2.02. The number of rotatable bonds is 5. The summed E-state index contributed by atoms with van der Waals surface area (Å²) in [5, 5.41) is 10.9. The average molecular weight is 334 g/mol. The Bertz CT molecular complexity index is 821. The summed E-state index contributed by atoms with van der Waals surface area (Å²) in [7, 11) is 1.77. The number of guanidine groups is 1. The number of nitrogens with one attached hydrogen (secondary N) is 2. The first-order valence-electron chi connectivity index (χ1n) is 8.19. The van der Waals surface area contributed by atoms with E-state index in [9.17, 15) is 0 Å². The molecular formula is C19H22N6. The second kappa shape index (κ2) is 8.10. The molecule has 0 atom stereocenters. The molecular weight excluding hydrogens is 312 g/mol. The Labute approximate surface area is 147 Å². The number of aliphatic imine (C=N–C) groups is 1. The molecule has 6 heteroatoms. The molecule has 1 aromatic carbocycles. The van der Waals surface area contributed by atoms with Crippen molar-refractivity contribution >= 4 is 5.96 Å². The molecule has 0 unspecified atom stereocenters. The lowest BCUT2D eigenvalue weighted by Crippen LogP contribution is -2.36. The molecule has 128 valence electrons. The zero-order chi connectivity index (χ0) is 17.5. The van der Waals surface area contributed by atoms with Crippen LogP contribution in [0.2, 0.25) is 0 Å². The summed E-state index contributed by atoms with van der Waals surface area (Å²) in [6.45, 7) is 3.48. The third-order valence-corrected chi connectivity index (χ3v) is 3.81. The van der Waals surface area contributed by atoms with Crippen LogP contribution in [0.3, 0.4) is 0 Å². The van der Waals surface area contributed by atoms with E-state index in [0.717, 1.165) is 23.9 Å². The van der Waals surface area contributed by atoms with E-state index in [1.165, 1.54) is 11.1 Å². The largest absolute Gasteiger partial charge is 0.352 e. The highest BCUT2D eigenvalue weighted by Crippen LogP contribution is 2.06. The van der Waals surface area contributed by atoms with E-state index in [1.807, 2.05) is 24.4 Å². The van der Waals surface area contributed by atoms with Crippen LogP contribution in [0.5, 0.6) is 0 Å². The van der Waals surface area contributed by atoms with Crippen molar-refractivity contribution in [2.75, 3.05) is 7.05 Å². The van der Waals surface area contributed by atoms with Crippen LogP contribution >= 0.6 is 0 Å². The molecule has 0 spiro atoms. The lowest BCUT2D eigenvalue weighted by molar-refractivity contribution is 0.800. The zero-order valence-electron chi connectivity index (χ0n) is 14.5. The second-order valence-corrected chi connectivity index (χ2v) is 5.74. The molecule has 0 aliphatic rings. The van der Waals surface area contributed by atoms with Gasteiger partial charge in [-0.05, 0) is 36.2 Å². The van der Waals surface area contributed by atoms with Crippen molar-refractivity contribution < 1.29 is 0 Å². The molecule has 0 saturated heterocycles. The summed E-state index contributed by atoms with van der Waals surface area (Å²) in [5.74, 6) is 1.56. The lowest BCUT2D eigenvalue weighted by atomic mass is 10.1. The second-order valence-electron chi connectivity index (χ2n) is 5.74. The summed E-state index contributed by atoms with van der Waals surface area (Å²) in [6.07, 6.45) is 5.40. The molecule has 0 fully saturated rings. The highest BCUT2D eigenvalue weighted by atomic mass is 15.3. The van der Waals surface area contributed by atoms with Crippen LogP contribution in [-0.2, 0) is 13.1 Å². The van der Waals surface area contributed by atoms with E-state index in [2.05, 4.69) is 56.9 Å². The fourth-order valence-electron chi connectivity index (χ4n) is 2.40. The monoisotopic (exact) mass is 334 g/mol. The van der Waals surface area contributed by atoms with Gasteiger partial charge in [-0.25, -0.2) is 9.67 Å². The minimum Gasteiger partial charge on any atom is -0.352 e. The molecule has 2 aromatic heterocycles. The van der Waals surface area contributed by atoms with E-state index >= 15 is 0 Å². The fourth-order valence-corrected chi connectivity index (χ4v) is 2.40. The first kappa shape index (κ1) is 16.7. The molecule has 2 N–H and O–H groups in total. The van der Waals surface area contributed by atoms with Crippen LogP contribution in [0.1, 0.15) is 16.7 Å². The Kier molecular flexibility index (Phi) is 5.41. The summed E-state index contributed by atoms with van der Waals surface area (Å²) < 4.78 is 1.74. The quantitative estimate of drug-likeness (QED) is 0.555. The summed E-state index contributed by atoms with van der Waals surface area (Å²) in [6, 6.07) is 14.3. The normalized spacial score (nSPS) is 11.4. The van der Waals surface area contributed by atoms with Crippen molar-refractivity contribution in [3.8, 4) is 5.82 Å². The highest BCUT2D eigenvalue weighted by molar-refractivity contribution is 5.79. The minimum absolute atomic E-state index is 0.657. The van der Waals surface area contributed by atoms with E-state index in [4.69, 9.17) is 0 Å². The maximum Gasteiger partial charge on any atom is 0.191 e. The van der Waals surface area contributed by atoms with Gasteiger partial charge in [0.1, 0.15) is 0 Å². The van der Waals surface area contributed by atoms with Gasteiger partial charge in [0.2, 0.25) is 0 Å². The summed E-state index contributed by atoms with van der Waals surface area (Å²) in [5.41, 5.74) is 3.59. The molecule has 0 aliphatic heterocycles. The molecule has 0 bridgehead atoms. The first-order chi connectivity index (χ1) is 12.2. The van der Waals surface area contributed by atoms with Crippen LogP contribution in [0.15, 0.2) is 66.0 Å². The van der Waals surface area contributed by atoms with Crippen molar-refractivity contribution in [3.63, 3.8) is 0 Å². The predicted molar refractivity (Wildman–Crippen MR) is 99.6 cm³/mol. The smallest absolute Gasteiger partial charge is 0.191 e. The maximum absolute atomic E-state index is 4.34. The average Bonchev–Trinajstić information content (AvgIpc) is 3.18. The molecule has 25 heavy (non-hydrogen) atoms. The van der Waals surface area contributed by atoms with Gasteiger partial charge in [-0.2, -0.15) is 5.10 Å². The number of aromatic nitrogens is 3. The van der Waals surface area contributed by atoms with Crippen molar-refractivity contribution in [3.05, 3.63) is 77.7 Å². The first-order valence-corrected chi connectivity index (χ1v) is 8.19. The zero-order valence-corrected chi connectivity index (χ0v) is 14.5. The lowest BCUT2D eigenvalue weighted by Gasteiger charge is -2.12. The molecule has 3 rings (SSSR count). The van der Waals surface area contributed by atoms with Crippen LogP contribution in [0.25, 0.3) is 5.82 Å². The maximum atomic E-state index is 4.34. The number of nitrogens with zero attached hydrogens (tertiary/aromatic N) is 4. The SMILES string of the molecule is CN=C(NCc1ccc(C)cc1)NCc1ccnc(-n2cccn2)c1. The van der Waals surface area contributed by atoms with Gasteiger partial charge in [-0.3, -0.25) is 4.99 Å². The molecule has 0 aliphatic carbocycles. The number of benzene rings is 1. The van der Waals surface area contributed by atoms with Gasteiger partial charge in [0.15, 0.2) is 11.8 Å². The van der Waals surface area contributed by atoms with Crippen LogP contribution in [0.4, 0.5) is 0 Å².